The molecular weight excluding hydrogens is 635 g/mol. The van der Waals surface area contributed by atoms with Gasteiger partial charge in [-0.25, -0.2) is 0 Å². The largest absolute Gasteiger partial charge is 0.489 e. The van der Waals surface area contributed by atoms with Gasteiger partial charge in [0.25, 0.3) is 5.19 Å². The van der Waals surface area contributed by atoms with Crippen LogP contribution in [0.25, 0.3) is 15.8 Å². The first-order chi connectivity index (χ1) is 21.7. The number of aromatic nitrogens is 2. The number of rotatable bonds is 11. The number of hydrogen-bond acceptors (Lipinski definition) is 9. The van der Waals surface area contributed by atoms with Crippen LogP contribution in [0.5, 0.6) is 10.9 Å². The summed E-state index contributed by atoms with van der Waals surface area (Å²) in [5.41, 5.74) is 4.88. The Balaban J connectivity index is 0.967. The second-order valence-electron chi connectivity index (χ2n) is 13.7. The molecule has 45 heavy (non-hydrogen) atoms. The van der Waals surface area contributed by atoms with Crippen molar-refractivity contribution >= 4 is 50.3 Å². The Kier molecular flexibility index (Phi) is 7.94. The van der Waals surface area contributed by atoms with Gasteiger partial charge in [-0.3, -0.25) is 0 Å². The van der Waals surface area contributed by atoms with Crippen molar-refractivity contribution < 1.29 is 28.2 Å². The predicted octanol–water partition coefficient (Wildman–Crippen LogP) is 8.29. The average molecular weight is 674 g/mol. The van der Waals surface area contributed by atoms with Gasteiger partial charge in [-0.15, -0.1) is 0 Å². The van der Waals surface area contributed by atoms with Crippen LogP contribution in [0, 0.1) is 5.41 Å². The molecule has 0 radical (unpaired) electrons. The van der Waals surface area contributed by atoms with Crippen molar-refractivity contribution in [1.29, 1.82) is 0 Å². The number of nitrogens with zero attached hydrogens (tertiary/aromatic N) is 2. The van der Waals surface area contributed by atoms with Crippen LogP contribution in [0.1, 0.15) is 87.8 Å². The van der Waals surface area contributed by atoms with Crippen molar-refractivity contribution in [3.05, 3.63) is 50.9 Å². The highest BCUT2D eigenvalue weighted by molar-refractivity contribution is 7.20. The molecule has 4 heterocycles. The summed E-state index contributed by atoms with van der Waals surface area (Å²) in [5, 5.41) is 6.33. The summed E-state index contributed by atoms with van der Waals surface area (Å²) in [5.74, 6) is 2.04. The molecule has 240 valence electrons. The predicted molar refractivity (Wildman–Crippen MR) is 173 cm³/mol. The molecule has 8 nitrogen and oxygen atoms in total. The Bertz CT molecular complexity index is 1670. The monoisotopic (exact) mass is 672 g/mol. The number of hydrogen-bond donors (Lipinski definition) is 0. The van der Waals surface area contributed by atoms with Crippen molar-refractivity contribution in [2.45, 2.75) is 109 Å². The van der Waals surface area contributed by atoms with E-state index in [-0.39, 0.29) is 30.5 Å². The van der Waals surface area contributed by atoms with E-state index in [9.17, 15) is 0 Å². The summed E-state index contributed by atoms with van der Waals surface area (Å²) >= 11 is 14.8. The van der Waals surface area contributed by atoms with E-state index in [2.05, 4.69) is 24.2 Å². The zero-order chi connectivity index (χ0) is 30.9. The minimum absolute atomic E-state index is 0.0536. The molecule has 2 aromatic heterocycles. The standard InChI is InChI=1S/C34H38Cl2N2O6S/c1-17(2)42-23-11-18(13-34(3)9-10-34)12-26-29(23)37-33(45-26)43-25-16-41-31-24(15-40-32(25)31)39-14-20-28(38-44-30(20)19-7-8-19)27-21(35)5-4-6-22(27)36/h5,11-12,17,19,24-25,31-32H,4,6-10,13-16H2,1-3H3/t24?,25?,31-,32-/m1/s1. The summed E-state index contributed by atoms with van der Waals surface area (Å²) in [4.78, 5) is 4.87. The fourth-order valence-corrected chi connectivity index (χ4v) is 8.26. The van der Waals surface area contributed by atoms with Crippen molar-refractivity contribution in [3.8, 4) is 10.9 Å². The number of fused-ring (bicyclic) bond motifs is 2. The maximum Gasteiger partial charge on any atom is 0.274 e. The van der Waals surface area contributed by atoms with Crippen LogP contribution < -0.4 is 9.47 Å². The van der Waals surface area contributed by atoms with E-state index < -0.39 is 0 Å². The van der Waals surface area contributed by atoms with Gasteiger partial charge < -0.3 is 28.2 Å². The molecule has 0 bridgehead atoms. The lowest BCUT2D eigenvalue weighted by atomic mass is 9.98. The smallest absolute Gasteiger partial charge is 0.274 e. The van der Waals surface area contributed by atoms with E-state index >= 15 is 0 Å². The molecule has 2 saturated heterocycles. The van der Waals surface area contributed by atoms with Crippen LogP contribution in [0.2, 0.25) is 0 Å². The quantitative estimate of drug-likeness (QED) is 0.201. The van der Waals surface area contributed by atoms with Crippen LogP contribution >= 0.6 is 34.5 Å². The highest BCUT2D eigenvalue weighted by Gasteiger charge is 2.50. The lowest BCUT2D eigenvalue weighted by molar-refractivity contribution is -0.0429. The molecule has 4 fully saturated rings. The molecule has 0 N–H and O–H groups in total. The lowest BCUT2D eigenvalue weighted by Gasteiger charge is -2.18. The van der Waals surface area contributed by atoms with Crippen molar-refractivity contribution in [1.82, 2.24) is 10.1 Å². The van der Waals surface area contributed by atoms with Gasteiger partial charge in [0, 0.05) is 27.1 Å². The van der Waals surface area contributed by atoms with E-state index in [0.29, 0.717) is 52.1 Å². The van der Waals surface area contributed by atoms with Gasteiger partial charge >= 0.3 is 0 Å². The van der Waals surface area contributed by atoms with Gasteiger partial charge in [0.2, 0.25) is 0 Å². The summed E-state index contributed by atoms with van der Waals surface area (Å²) in [6.45, 7) is 7.56. The number of ether oxygens (including phenoxy) is 5. The number of thiazole rings is 1. The summed E-state index contributed by atoms with van der Waals surface area (Å²) in [7, 11) is 0. The summed E-state index contributed by atoms with van der Waals surface area (Å²) in [6.07, 6.45) is 8.30. The molecule has 2 aliphatic heterocycles. The van der Waals surface area contributed by atoms with Crippen LogP contribution in [0.4, 0.5) is 0 Å². The van der Waals surface area contributed by atoms with E-state index in [1.54, 1.807) is 11.3 Å². The first kappa shape index (κ1) is 30.2. The molecule has 4 atom stereocenters. The third kappa shape index (κ3) is 6.05. The Morgan fingerprint density at radius 3 is 2.60 bits per heavy atom. The Morgan fingerprint density at radius 2 is 1.87 bits per heavy atom. The molecule has 0 amide bonds. The van der Waals surface area contributed by atoms with E-state index in [0.717, 1.165) is 65.0 Å². The number of halogens is 2. The minimum Gasteiger partial charge on any atom is -0.489 e. The normalized spacial score (nSPS) is 27.4. The maximum absolute atomic E-state index is 6.63. The van der Waals surface area contributed by atoms with E-state index in [1.807, 2.05) is 19.9 Å². The van der Waals surface area contributed by atoms with Crippen LogP contribution in [0.3, 0.4) is 0 Å². The van der Waals surface area contributed by atoms with Gasteiger partial charge in [0.15, 0.2) is 6.10 Å². The van der Waals surface area contributed by atoms with Crippen molar-refractivity contribution in [3.63, 3.8) is 0 Å². The van der Waals surface area contributed by atoms with Crippen molar-refractivity contribution in [2.75, 3.05) is 13.2 Å². The number of allylic oxidation sites excluding steroid dienone is 4. The second-order valence-corrected chi connectivity index (χ2v) is 15.6. The van der Waals surface area contributed by atoms with Gasteiger partial charge in [-0.1, -0.05) is 52.7 Å². The zero-order valence-corrected chi connectivity index (χ0v) is 28.1. The fraction of sp³-hybridized carbons (Fsp3) is 0.588. The van der Waals surface area contributed by atoms with Gasteiger partial charge in [0.05, 0.1) is 30.6 Å². The average Bonchev–Trinajstić information content (AvgIpc) is 3.72. The SMILES string of the molecule is CC(C)Oc1cc(CC2(C)CC2)cc2sc(OC3CO[C@@H]4C(OCc5c(C6=C(Cl)CCC=C6Cl)noc5C5CC5)CO[C@H]34)nc12. The fourth-order valence-electron chi connectivity index (χ4n) is 6.65. The van der Waals surface area contributed by atoms with Gasteiger partial charge in [0.1, 0.15) is 41.0 Å². The Hall–Kier alpha value is -2.14. The molecule has 3 aromatic rings. The molecular formula is C34H38Cl2N2O6S. The molecule has 2 unspecified atom stereocenters. The van der Waals surface area contributed by atoms with E-state index in [4.69, 9.17) is 56.4 Å². The molecule has 2 saturated carbocycles. The highest BCUT2D eigenvalue weighted by Crippen LogP contribution is 2.49. The second kappa shape index (κ2) is 11.8. The third-order valence-electron chi connectivity index (χ3n) is 9.45. The maximum atomic E-state index is 6.63. The van der Waals surface area contributed by atoms with Crippen molar-refractivity contribution in [2.24, 2.45) is 5.41 Å². The number of benzene rings is 1. The van der Waals surface area contributed by atoms with E-state index in [1.165, 1.54) is 18.4 Å². The molecule has 8 rings (SSSR count). The van der Waals surface area contributed by atoms with Crippen LogP contribution in [-0.4, -0.2) is 53.9 Å². The first-order valence-corrected chi connectivity index (χ1v) is 17.7. The van der Waals surface area contributed by atoms with Crippen LogP contribution in [-0.2, 0) is 27.2 Å². The third-order valence-corrected chi connectivity index (χ3v) is 11.1. The highest BCUT2D eigenvalue weighted by atomic mass is 35.5. The first-order valence-electron chi connectivity index (χ1n) is 16.1. The van der Waals surface area contributed by atoms with Crippen LogP contribution in [0.15, 0.2) is 32.8 Å². The van der Waals surface area contributed by atoms with Gasteiger partial charge in [-0.05, 0) is 81.9 Å². The molecule has 1 aromatic carbocycles. The minimum atomic E-state index is -0.285. The Labute approximate surface area is 277 Å². The molecule has 0 spiro atoms. The van der Waals surface area contributed by atoms with Gasteiger partial charge in [-0.2, -0.15) is 4.98 Å². The zero-order valence-electron chi connectivity index (χ0n) is 25.8. The lowest BCUT2D eigenvalue weighted by Crippen LogP contribution is -2.35. The summed E-state index contributed by atoms with van der Waals surface area (Å²) < 4.78 is 38.5. The summed E-state index contributed by atoms with van der Waals surface area (Å²) in [6, 6.07) is 4.40. The molecule has 11 heteroatoms. The molecule has 3 aliphatic carbocycles. The topological polar surface area (TPSA) is 85.1 Å². The molecule has 5 aliphatic rings. The Morgan fingerprint density at radius 1 is 1.09 bits per heavy atom.